The van der Waals surface area contributed by atoms with Crippen molar-refractivity contribution in [1.29, 1.82) is 0 Å². The van der Waals surface area contributed by atoms with Gasteiger partial charge in [-0.1, -0.05) is 29.8 Å². The molecule has 0 saturated heterocycles. The molecular formula is C24H23ClFN5O3S. The molecule has 4 aromatic rings. The molecule has 182 valence electrons. The fourth-order valence-electron chi connectivity index (χ4n) is 4.50. The van der Waals surface area contributed by atoms with E-state index in [-0.39, 0.29) is 28.2 Å². The normalized spacial score (nSPS) is 20.7. The number of fused-ring (bicyclic) bond motifs is 1. The van der Waals surface area contributed by atoms with Gasteiger partial charge in [0.2, 0.25) is 0 Å². The molecule has 0 amide bonds. The molecule has 1 fully saturated rings. The summed E-state index contributed by atoms with van der Waals surface area (Å²) in [6.07, 6.45) is 6.49. The van der Waals surface area contributed by atoms with E-state index in [2.05, 4.69) is 20.3 Å². The van der Waals surface area contributed by atoms with Crippen LogP contribution in [0.3, 0.4) is 0 Å². The lowest BCUT2D eigenvalue weighted by atomic mass is 9.83. The first-order valence-corrected chi connectivity index (χ1v) is 12.9. The fraction of sp³-hybridized carbons (Fsp3) is 0.292. The van der Waals surface area contributed by atoms with Crippen LogP contribution in [0.2, 0.25) is 5.02 Å². The van der Waals surface area contributed by atoms with Gasteiger partial charge in [-0.05, 0) is 50.8 Å². The van der Waals surface area contributed by atoms with Crippen molar-refractivity contribution < 1.29 is 17.9 Å². The summed E-state index contributed by atoms with van der Waals surface area (Å²) >= 11 is 6.17. The van der Waals surface area contributed by atoms with E-state index in [1.807, 2.05) is 0 Å². The summed E-state index contributed by atoms with van der Waals surface area (Å²) in [7, 11) is -3.98. The molecule has 3 heterocycles. The maximum absolute atomic E-state index is 14.6. The van der Waals surface area contributed by atoms with Crippen molar-refractivity contribution >= 4 is 38.5 Å². The van der Waals surface area contributed by atoms with Gasteiger partial charge in [0.25, 0.3) is 10.0 Å². The molecule has 2 atom stereocenters. The number of nitrogens with zero attached hydrogens (tertiary/aromatic N) is 4. The summed E-state index contributed by atoms with van der Waals surface area (Å²) in [6, 6.07) is 9.39. The van der Waals surface area contributed by atoms with E-state index in [1.165, 1.54) is 24.5 Å². The predicted molar refractivity (Wildman–Crippen MR) is 131 cm³/mol. The maximum atomic E-state index is 14.6. The lowest BCUT2D eigenvalue weighted by molar-refractivity contribution is 0.0182. The summed E-state index contributed by atoms with van der Waals surface area (Å²) in [5, 5.41) is 14.2. The van der Waals surface area contributed by atoms with Crippen LogP contribution in [0.25, 0.3) is 22.4 Å². The number of halogens is 2. The van der Waals surface area contributed by atoms with Crippen LogP contribution in [-0.2, 0) is 10.0 Å². The molecule has 1 aromatic carbocycles. The van der Waals surface area contributed by atoms with Crippen LogP contribution < -0.4 is 5.32 Å². The third kappa shape index (κ3) is 4.61. The average molecular weight is 516 g/mol. The topological polar surface area (TPSA) is 110 Å². The number of benzene rings is 1. The van der Waals surface area contributed by atoms with Gasteiger partial charge in [-0.25, -0.2) is 31.7 Å². The molecule has 11 heteroatoms. The molecule has 0 spiro atoms. The lowest BCUT2D eigenvalue weighted by Crippen LogP contribution is -2.38. The van der Waals surface area contributed by atoms with E-state index in [0.717, 1.165) is 23.0 Å². The largest absolute Gasteiger partial charge is 0.390 e. The number of nitrogens with one attached hydrogen (secondary N) is 1. The smallest absolute Gasteiger partial charge is 0.269 e. The lowest BCUT2D eigenvalue weighted by Gasteiger charge is -2.34. The molecule has 5 rings (SSSR count). The Hall–Kier alpha value is -3.08. The molecule has 35 heavy (non-hydrogen) atoms. The molecule has 0 radical (unpaired) electrons. The van der Waals surface area contributed by atoms with Crippen LogP contribution in [0.4, 0.5) is 10.2 Å². The average Bonchev–Trinajstić information content (AvgIpc) is 3.20. The Bertz CT molecular complexity index is 1510. The Balaban J connectivity index is 1.60. The highest BCUT2D eigenvalue weighted by molar-refractivity contribution is 7.90. The predicted octanol–water partition coefficient (Wildman–Crippen LogP) is 4.63. The van der Waals surface area contributed by atoms with E-state index in [9.17, 15) is 17.9 Å². The van der Waals surface area contributed by atoms with E-state index in [1.54, 1.807) is 31.2 Å². The number of rotatable bonds is 5. The highest BCUT2D eigenvalue weighted by Crippen LogP contribution is 2.34. The molecule has 1 aliphatic carbocycles. The second-order valence-corrected chi connectivity index (χ2v) is 11.3. The second-order valence-electron chi connectivity index (χ2n) is 9.01. The molecule has 0 bridgehead atoms. The summed E-state index contributed by atoms with van der Waals surface area (Å²) in [6.45, 7) is 1.77. The van der Waals surface area contributed by atoms with Crippen molar-refractivity contribution in [2.75, 3.05) is 5.32 Å². The minimum atomic E-state index is -3.98. The minimum Gasteiger partial charge on any atom is -0.390 e. The highest BCUT2D eigenvalue weighted by Gasteiger charge is 2.31. The quantitative estimate of drug-likeness (QED) is 0.398. The first kappa shape index (κ1) is 23.7. The molecule has 1 saturated carbocycles. The van der Waals surface area contributed by atoms with Crippen molar-refractivity contribution in [2.45, 2.75) is 49.1 Å². The third-order valence-corrected chi connectivity index (χ3v) is 8.03. The number of hydrogen-bond acceptors (Lipinski definition) is 7. The molecular weight excluding hydrogens is 493 g/mol. The van der Waals surface area contributed by atoms with Gasteiger partial charge in [0.1, 0.15) is 0 Å². The van der Waals surface area contributed by atoms with Gasteiger partial charge < -0.3 is 10.4 Å². The standard InChI is InChI=1S/C24H23ClFN5O3S/c1-24(32)9-5-6-16(11-24)29-22-20(26)13-27-21(30-22)19-14-31(23-18(19)10-15(25)12-28-23)35(33,34)17-7-3-2-4-8-17/h2-4,7-8,10,12-14,16,32H,5-6,9,11H2,1H3,(H,27,29,30). The first-order valence-electron chi connectivity index (χ1n) is 11.1. The van der Waals surface area contributed by atoms with E-state index in [4.69, 9.17) is 11.6 Å². The highest BCUT2D eigenvalue weighted by atomic mass is 35.5. The van der Waals surface area contributed by atoms with Crippen LogP contribution in [0, 0.1) is 5.82 Å². The van der Waals surface area contributed by atoms with Crippen molar-refractivity contribution in [3.63, 3.8) is 0 Å². The number of aliphatic hydroxyl groups is 1. The summed E-state index contributed by atoms with van der Waals surface area (Å²) in [5.41, 5.74) is -0.337. The van der Waals surface area contributed by atoms with Gasteiger partial charge in [-0.2, -0.15) is 0 Å². The number of anilines is 1. The second kappa shape index (κ2) is 8.85. The minimum absolute atomic E-state index is 0.0143. The Morgan fingerprint density at radius 3 is 2.74 bits per heavy atom. The Morgan fingerprint density at radius 2 is 2.00 bits per heavy atom. The summed E-state index contributed by atoms with van der Waals surface area (Å²) in [4.78, 5) is 12.8. The fourth-order valence-corrected chi connectivity index (χ4v) is 6.00. The van der Waals surface area contributed by atoms with Gasteiger partial charge in [0.15, 0.2) is 23.1 Å². The maximum Gasteiger partial charge on any atom is 0.269 e. The number of aromatic nitrogens is 4. The summed E-state index contributed by atoms with van der Waals surface area (Å²) < 4.78 is 42.4. The molecule has 3 aromatic heterocycles. The molecule has 2 N–H and O–H groups in total. The zero-order chi connectivity index (χ0) is 24.8. The van der Waals surface area contributed by atoms with Gasteiger partial charge in [-0.15, -0.1) is 0 Å². The zero-order valence-corrected chi connectivity index (χ0v) is 20.4. The van der Waals surface area contributed by atoms with Crippen LogP contribution in [0.5, 0.6) is 0 Å². The Kier molecular flexibility index (Phi) is 5.98. The van der Waals surface area contributed by atoms with Crippen LogP contribution in [-0.4, -0.2) is 44.1 Å². The Labute approximate surface area is 206 Å². The van der Waals surface area contributed by atoms with E-state index < -0.39 is 21.4 Å². The van der Waals surface area contributed by atoms with Crippen molar-refractivity contribution in [3.05, 3.63) is 65.8 Å². The number of pyridine rings is 1. The van der Waals surface area contributed by atoms with Crippen LogP contribution in [0.1, 0.15) is 32.6 Å². The van der Waals surface area contributed by atoms with Crippen LogP contribution in [0.15, 0.2) is 59.9 Å². The van der Waals surface area contributed by atoms with Gasteiger partial charge in [0, 0.05) is 29.4 Å². The monoisotopic (exact) mass is 515 g/mol. The van der Waals surface area contributed by atoms with Gasteiger partial charge in [-0.3, -0.25) is 0 Å². The van der Waals surface area contributed by atoms with Crippen molar-refractivity contribution in [3.8, 4) is 11.4 Å². The third-order valence-electron chi connectivity index (χ3n) is 6.16. The van der Waals surface area contributed by atoms with Crippen molar-refractivity contribution in [1.82, 2.24) is 18.9 Å². The zero-order valence-electron chi connectivity index (χ0n) is 18.8. The number of hydrogen-bond donors (Lipinski definition) is 2. The molecule has 1 aliphatic rings. The van der Waals surface area contributed by atoms with Crippen LogP contribution >= 0.6 is 11.6 Å². The van der Waals surface area contributed by atoms with Crippen molar-refractivity contribution in [2.24, 2.45) is 0 Å². The Morgan fingerprint density at radius 1 is 1.23 bits per heavy atom. The molecule has 8 nitrogen and oxygen atoms in total. The van der Waals surface area contributed by atoms with E-state index >= 15 is 0 Å². The molecule has 2 unspecified atom stereocenters. The first-order chi connectivity index (χ1) is 16.6. The molecule has 0 aliphatic heterocycles. The van der Waals surface area contributed by atoms with E-state index in [0.29, 0.717) is 28.8 Å². The van der Waals surface area contributed by atoms with Gasteiger partial charge in [0.05, 0.1) is 21.7 Å². The van der Waals surface area contributed by atoms with Gasteiger partial charge >= 0.3 is 0 Å². The summed E-state index contributed by atoms with van der Waals surface area (Å²) in [5.74, 6) is -0.539. The SMILES string of the molecule is CC1(O)CCCC(Nc2nc(-c3cn(S(=O)(=O)c4ccccc4)c4ncc(Cl)cc34)ncc2F)C1.